The monoisotopic (exact) mass is 306 g/mol. The molecule has 1 aromatic rings. The van der Waals surface area contributed by atoms with Gasteiger partial charge >= 0.3 is 12.6 Å². The fraction of sp³-hybridized carbons (Fsp3) is 0.417. The Kier molecular flexibility index (Phi) is 5.94. The van der Waals surface area contributed by atoms with E-state index in [1.807, 2.05) is 0 Å². The molecule has 21 heavy (non-hydrogen) atoms. The number of benzene rings is 1. The van der Waals surface area contributed by atoms with E-state index in [-0.39, 0.29) is 30.5 Å². The highest BCUT2D eigenvalue weighted by molar-refractivity contribution is 5.73. The van der Waals surface area contributed by atoms with Crippen molar-refractivity contribution in [3.05, 3.63) is 17.9 Å². The van der Waals surface area contributed by atoms with Crippen LogP contribution in [-0.2, 0) is 0 Å². The molecule has 0 bridgehead atoms. The van der Waals surface area contributed by atoms with E-state index in [0.29, 0.717) is 0 Å². The number of nitrogens with one attached hydrogen (secondary N) is 2. The zero-order valence-electron chi connectivity index (χ0n) is 11.6. The van der Waals surface area contributed by atoms with Crippen molar-refractivity contribution in [2.75, 3.05) is 38.2 Å². The zero-order chi connectivity index (χ0) is 16.0. The first-order valence-corrected chi connectivity index (χ1v) is 6.04. The zero-order valence-corrected chi connectivity index (χ0v) is 11.6. The van der Waals surface area contributed by atoms with Crippen molar-refractivity contribution in [3.63, 3.8) is 0 Å². The van der Waals surface area contributed by atoms with E-state index < -0.39 is 18.2 Å². The van der Waals surface area contributed by atoms with Crippen LogP contribution in [0.15, 0.2) is 12.1 Å². The molecule has 0 aliphatic heterocycles. The number of carbonyl (C=O) groups is 1. The summed E-state index contributed by atoms with van der Waals surface area (Å²) >= 11 is 0. The lowest BCUT2D eigenvalue weighted by Gasteiger charge is -2.14. The second kappa shape index (κ2) is 7.46. The smallest absolute Gasteiger partial charge is 0.387 e. The second-order valence-corrected chi connectivity index (χ2v) is 4.30. The lowest BCUT2D eigenvalue weighted by atomic mass is 10.2. The van der Waals surface area contributed by atoms with Gasteiger partial charge in [0, 0.05) is 39.3 Å². The molecule has 6 nitrogen and oxygen atoms in total. The highest BCUT2D eigenvalue weighted by atomic mass is 19.3. The van der Waals surface area contributed by atoms with Gasteiger partial charge in [-0.15, -0.1) is 0 Å². The van der Waals surface area contributed by atoms with E-state index in [9.17, 15) is 18.0 Å². The third kappa shape index (κ3) is 5.28. The topological polar surface area (TPSA) is 79.6 Å². The van der Waals surface area contributed by atoms with Gasteiger partial charge in [0.05, 0.1) is 11.4 Å². The van der Waals surface area contributed by atoms with Crippen LogP contribution in [0.5, 0.6) is 5.75 Å². The summed E-state index contributed by atoms with van der Waals surface area (Å²) in [5.41, 5.74) is 5.86. The van der Waals surface area contributed by atoms with Crippen molar-refractivity contribution in [2.45, 2.75) is 6.61 Å². The Bertz CT molecular complexity index is 498. The van der Waals surface area contributed by atoms with E-state index in [0.717, 1.165) is 12.1 Å². The van der Waals surface area contributed by atoms with Crippen molar-refractivity contribution in [2.24, 2.45) is 0 Å². The molecule has 0 radical (unpaired) electrons. The van der Waals surface area contributed by atoms with Crippen LogP contribution in [0.2, 0.25) is 0 Å². The molecule has 0 atom stereocenters. The Morgan fingerprint density at radius 1 is 1.38 bits per heavy atom. The highest BCUT2D eigenvalue weighted by Crippen LogP contribution is 2.29. The maximum Gasteiger partial charge on any atom is 0.387 e. The number of alkyl halides is 2. The number of urea groups is 1. The molecule has 2 amide bonds. The van der Waals surface area contributed by atoms with Crippen LogP contribution in [0.3, 0.4) is 0 Å². The van der Waals surface area contributed by atoms with Crippen LogP contribution in [0.4, 0.5) is 29.3 Å². The number of amides is 2. The van der Waals surface area contributed by atoms with Crippen molar-refractivity contribution in [3.8, 4) is 5.75 Å². The Labute approximate surface area is 120 Å². The quantitative estimate of drug-likeness (QED) is 0.552. The standard InChI is InChI=1S/C12H17F3N4O2/c1-19(2)12(20)18-4-3-17-9-6-10(21-11(14)15)7(13)5-8(9)16/h5-6,11,17H,3-4,16H2,1-2H3,(H,18,20). The van der Waals surface area contributed by atoms with Gasteiger partial charge in [0.25, 0.3) is 0 Å². The molecule has 0 aromatic heterocycles. The summed E-state index contributed by atoms with van der Waals surface area (Å²) in [5.74, 6) is -1.57. The van der Waals surface area contributed by atoms with Gasteiger partial charge in [-0.1, -0.05) is 0 Å². The van der Waals surface area contributed by atoms with Crippen molar-refractivity contribution < 1.29 is 22.7 Å². The lowest BCUT2D eigenvalue weighted by Crippen LogP contribution is -2.37. The van der Waals surface area contributed by atoms with Crippen LogP contribution >= 0.6 is 0 Å². The molecule has 0 aliphatic rings. The molecule has 0 fully saturated rings. The number of carbonyl (C=O) groups excluding carboxylic acids is 1. The van der Waals surface area contributed by atoms with Crippen molar-refractivity contribution in [1.82, 2.24) is 10.2 Å². The predicted molar refractivity (Wildman–Crippen MR) is 73.0 cm³/mol. The highest BCUT2D eigenvalue weighted by Gasteiger charge is 2.13. The maximum atomic E-state index is 13.3. The van der Waals surface area contributed by atoms with Crippen LogP contribution < -0.4 is 21.1 Å². The van der Waals surface area contributed by atoms with E-state index in [2.05, 4.69) is 15.4 Å². The molecule has 118 valence electrons. The van der Waals surface area contributed by atoms with E-state index >= 15 is 0 Å². The van der Waals surface area contributed by atoms with Crippen LogP contribution in [0, 0.1) is 5.82 Å². The van der Waals surface area contributed by atoms with Gasteiger partial charge in [0.2, 0.25) is 0 Å². The van der Waals surface area contributed by atoms with Crippen LogP contribution in [0.1, 0.15) is 0 Å². The third-order valence-corrected chi connectivity index (χ3v) is 2.44. The first-order valence-electron chi connectivity index (χ1n) is 6.04. The predicted octanol–water partition coefficient (Wildman–Crippen LogP) is 1.69. The van der Waals surface area contributed by atoms with Gasteiger partial charge < -0.3 is 26.0 Å². The number of rotatable bonds is 6. The Balaban J connectivity index is 2.60. The van der Waals surface area contributed by atoms with Crippen LogP contribution in [-0.4, -0.2) is 44.7 Å². The Morgan fingerprint density at radius 2 is 2.05 bits per heavy atom. The Morgan fingerprint density at radius 3 is 2.62 bits per heavy atom. The summed E-state index contributed by atoms with van der Waals surface area (Å²) in [7, 11) is 3.18. The fourth-order valence-electron chi connectivity index (χ4n) is 1.43. The summed E-state index contributed by atoms with van der Waals surface area (Å²) in [5, 5.41) is 5.39. The largest absolute Gasteiger partial charge is 0.432 e. The van der Waals surface area contributed by atoms with E-state index in [1.165, 1.54) is 4.90 Å². The summed E-state index contributed by atoms with van der Waals surface area (Å²) in [6.45, 7) is -2.57. The maximum absolute atomic E-state index is 13.3. The number of ether oxygens (including phenoxy) is 1. The number of nitrogens with two attached hydrogens (primary N) is 1. The van der Waals surface area contributed by atoms with E-state index in [4.69, 9.17) is 5.73 Å². The molecular formula is C12H17F3N4O2. The van der Waals surface area contributed by atoms with Gasteiger partial charge in [0.15, 0.2) is 11.6 Å². The fourth-order valence-corrected chi connectivity index (χ4v) is 1.43. The number of nitrogens with zero attached hydrogens (tertiary/aromatic N) is 1. The number of hydrogen-bond donors (Lipinski definition) is 3. The molecule has 0 spiro atoms. The minimum atomic E-state index is -3.13. The van der Waals surface area contributed by atoms with Gasteiger partial charge in [-0.25, -0.2) is 9.18 Å². The first kappa shape index (κ1) is 16.7. The van der Waals surface area contributed by atoms with E-state index in [1.54, 1.807) is 14.1 Å². The molecule has 0 saturated heterocycles. The average Bonchev–Trinajstić information content (AvgIpc) is 2.38. The number of nitrogen functional groups attached to an aromatic ring is 1. The number of hydrogen-bond acceptors (Lipinski definition) is 4. The third-order valence-electron chi connectivity index (χ3n) is 2.44. The van der Waals surface area contributed by atoms with Gasteiger partial charge in [-0.3, -0.25) is 0 Å². The SMILES string of the molecule is CN(C)C(=O)NCCNc1cc(OC(F)F)c(F)cc1N. The molecule has 9 heteroatoms. The summed E-state index contributed by atoms with van der Waals surface area (Å²) in [6, 6.07) is 1.66. The summed E-state index contributed by atoms with van der Waals surface area (Å²) in [6.07, 6.45) is 0. The molecular weight excluding hydrogens is 289 g/mol. The number of halogens is 3. The molecule has 0 heterocycles. The minimum Gasteiger partial charge on any atom is -0.432 e. The summed E-state index contributed by atoms with van der Waals surface area (Å²) in [4.78, 5) is 12.6. The van der Waals surface area contributed by atoms with Gasteiger partial charge in [0.1, 0.15) is 0 Å². The van der Waals surface area contributed by atoms with Gasteiger partial charge in [-0.05, 0) is 0 Å². The van der Waals surface area contributed by atoms with Crippen molar-refractivity contribution >= 4 is 17.4 Å². The molecule has 0 aliphatic carbocycles. The molecule has 0 unspecified atom stereocenters. The van der Waals surface area contributed by atoms with Gasteiger partial charge in [-0.2, -0.15) is 8.78 Å². The lowest BCUT2D eigenvalue weighted by molar-refractivity contribution is -0.0521. The van der Waals surface area contributed by atoms with Crippen molar-refractivity contribution in [1.29, 1.82) is 0 Å². The second-order valence-electron chi connectivity index (χ2n) is 4.30. The Hall–Kier alpha value is -2.32. The minimum absolute atomic E-state index is 0.0491. The molecule has 0 saturated carbocycles. The molecule has 1 aromatic carbocycles. The van der Waals surface area contributed by atoms with Crippen LogP contribution in [0.25, 0.3) is 0 Å². The molecule has 4 N–H and O–H groups in total. The molecule has 1 rings (SSSR count). The number of anilines is 2. The average molecular weight is 306 g/mol. The normalized spacial score (nSPS) is 10.4. The first-order chi connectivity index (χ1) is 9.81. The summed E-state index contributed by atoms with van der Waals surface area (Å²) < 4.78 is 41.6.